The molecule has 2 heterocycles. The number of nitrogens with two attached hydrogens (primary N) is 1. The minimum absolute atomic E-state index is 0.0380. The van der Waals surface area contributed by atoms with Crippen LogP contribution in [0, 0.1) is 5.92 Å². The number of hydrogen-bond acceptors (Lipinski definition) is 3. The predicted octanol–water partition coefficient (Wildman–Crippen LogP) is 1.01. The second kappa shape index (κ2) is 4.11. The van der Waals surface area contributed by atoms with E-state index in [4.69, 9.17) is 10.5 Å². The van der Waals surface area contributed by atoms with Crippen LogP contribution in [-0.4, -0.2) is 23.2 Å². The summed E-state index contributed by atoms with van der Waals surface area (Å²) in [5, 5.41) is 0. The summed E-state index contributed by atoms with van der Waals surface area (Å²) in [5.74, 6) is 1.66. The van der Waals surface area contributed by atoms with Gasteiger partial charge in [0.05, 0.1) is 5.69 Å². The van der Waals surface area contributed by atoms with Crippen LogP contribution >= 0.6 is 0 Å². The Balaban J connectivity index is 1.95. The average molecular weight is 195 g/mol. The molecule has 1 aromatic heterocycles. The molecule has 4 nitrogen and oxygen atoms in total. The van der Waals surface area contributed by atoms with Gasteiger partial charge < -0.3 is 15.5 Å². The first-order valence-corrected chi connectivity index (χ1v) is 5.13. The number of imidazole rings is 1. The van der Waals surface area contributed by atoms with Crippen molar-refractivity contribution in [3.63, 3.8) is 0 Å². The maximum Gasteiger partial charge on any atom is 0.106 e. The van der Waals surface area contributed by atoms with Gasteiger partial charge in [-0.2, -0.15) is 0 Å². The zero-order valence-electron chi connectivity index (χ0n) is 8.49. The molecule has 1 aliphatic rings. The summed E-state index contributed by atoms with van der Waals surface area (Å²) in [6.45, 7) is 3.72. The van der Waals surface area contributed by atoms with E-state index >= 15 is 0 Å². The topological polar surface area (TPSA) is 63.9 Å². The van der Waals surface area contributed by atoms with E-state index < -0.39 is 0 Å². The lowest BCUT2D eigenvalue weighted by atomic mass is 10.1. The Morgan fingerprint density at radius 3 is 3.21 bits per heavy atom. The summed E-state index contributed by atoms with van der Waals surface area (Å²) < 4.78 is 5.32. The molecule has 0 saturated carbocycles. The molecule has 1 aliphatic heterocycles. The summed E-state index contributed by atoms with van der Waals surface area (Å²) in [6.07, 6.45) is 3.96. The van der Waals surface area contributed by atoms with Crippen molar-refractivity contribution >= 4 is 0 Å². The van der Waals surface area contributed by atoms with Gasteiger partial charge in [0.25, 0.3) is 0 Å². The highest BCUT2D eigenvalue weighted by atomic mass is 16.5. The third kappa shape index (κ3) is 2.13. The first kappa shape index (κ1) is 9.68. The summed E-state index contributed by atoms with van der Waals surface area (Å²) in [5.41, 5.74) is 6.75. The van der Waals surface area contributed by atoms with Gasteiger partial charge in [-0.05, 0) is 19.3 Å². The summed E-state index contributed by atoms with van der Waals surface area (Å²) in [4.78, 5) is 7.56. The SMILES string of the molecule is CC(N)c1cnc(CC2CCOC2)[nH]1. The van der Waals surface area contributed by atoms with E-state index in [1.54, 1.807) is 0 Å². The molecule has 2 rings (SSSR count). The van der Waals surface area contributed by atoms with E-state index in [-0.39, 0.29) is 6.04 Å². The standard InChI is InChI=1S/C10H17N3O/c1-7(11)9-5-12-10(13-9)4-8-2-3-14-6-8/h5,7-8H,2-4,6,11H2,1H3,(H,12,13). The largest absolute Gasteiger partial charge is 0.381 e. The average Bonchev–Trinajstić information content (AvgIpc) is 2.75. The molecule has 1 aromatic rings. The maximum atomic E-state index is 5.74. The number of H-pyrrole nitrogens is 1. The summed E-state index contributed by atoms with van der Waals surface area (Å²) in [7, 11) is 0. The third-order valence-corrected chi connectivity index (χ3v) is 2.64. The Hall–Kier alpha value is -0.870. The number of nitrogens with one attached hydrogen (secondary N) is 1. The Morgan fingerprint density at radius 2 is 2.64 bits per heavy atom. The molecule has 0 radical (unpaired) electrons. The summed E-state index contributed by atoms with van der Waals surface area (Å²) >= 11 is 0. The van der Waals surface area contributed by atoms with Crippen molar-refractivity contribution in [1.29, 1.82) is 0 Å². The van der Waals surface area contributed by atoms with Gasteiger partial charge >= 0.3 is 0 Å². The first-order valence-electron chi connectivity index (χ1n) is 5.13. The fourth-order valence-electron chi connectivity index (χ4n) is 1.73. The van der Waals surface area contributed by atoms with Crippen LogP contribution in [0.2, 0.25) is 0 Å². The minimum atomic E-state index is 0.0380. The van der Waals surface area contributed by atoms with Gasteiger partial charge in [-0.1, -0.05) is 0 Å². The van der Waals surface area contributed by atoms with Crippen molar-refractivity contribution < 1.29 is 4.74 Å². The van der Waals surface area contributed by atoms with Gasteiger partial charge in [-0.25, -0.2) is 4.98 Å². The zero-order valence-corrected chi connectivity index (χ0v) is 8.49. The van der Waals surface area contributed by atoms with Crippen molar-refractivity contribution in [3.8, 4) is 0 Å². The highest BCUT2D eigenvalue weighted by molar-refractivity contribution is 5.05. The third-order valence-electron chi connectivity index (χ3n) is 2.64. The lowest BCUT2D eigenvalue weighted by Gasteiger charge is -2.04. The smallest absolute Gasteiger partial charge is 0.106 e. The second-order valence-electron chi connectivity index (χ2n) is 4.01. The molecular formula is C10H17N3O. The molecular weight excluding hydrogens is 178 g/mol. The molecule has 0 spiro atoms. The molecule has 2 atom stereocenters. The van der Waals surface area contributed by atoms with Crippen LogP contribution in [0.15, 0.2) is 6.20 Å². The van der Waals surface area contributed by atoms with E-state index in [0.29, 0.717) is 5.92 Å². The van der Waals surface area contributed by atoms with E-state index in [9.17, 15) is 0 Å². The minimum Gasteiger partial charge on any atom is -0.381 e. The Kier molecular flexibility index (Phi) is 2.84. The Labute approximate surface area is 83.9 Å². The van der Waals surface area contributed by atoms with Crippen LogP contribution < -0.4 is 5.73 Å². The van der Waals surface area contributed by atoms with Gasteiger partial charge in [0.1, 0.15) is 5.82 Å². The van der Waals surface area contributed by atoms with Crippen molar-refractivity contribution in [1.82, 2.24) is 9.97 Å². The molecule has 0 amide bonds. The molecule has 1 saturated heterocycles. The number of rotatable bonds is 3. The summed E-state index contributed by atoms with van der Waals surface area (Å²) in [6, 6.07) is 0.0380. The molecule has 0 aromatic carbocycles. The molecule has 2 unspecified atom stereocenters. The van der Waals surface area contributed by atoms with Gasteiger partial charge in [-0.3, -0.25) is 0 Å². The van der Waals surface area contributed by atoms with Crippen LogP contribution in [0.25, 0.3) is 0 Å². The monoisotopic (exact) mass is 195 g/mol. The van der Waals surface area contributed by atoms with Crippen LogP contribution in [0.5, 0.6) is 0 Å². The van der Waals surface area contributed by atoms with Gasteiger partial charge in [0.2, 0.25) is 0 Å². The molecule has 0 aliphatic carbocycles. The van der Waals surface area contributed by atoms with Crippen LogP contribution in [0.4, 0.5) is 0 Å². The van der Waals surface area contributed by atoms with Crippen LogP contribution in [-0.2, 0) is 11.2 Å². The highest BCUT2D eigenvalue weighted by Crippen LogP contribution is 2.17. The molecule has 1 fully saturated rings. The number of hydrogen-bond donors (Lipinski definition) is 2. The molecule has 4 heteroatoms. The van der Waals surface area contributed by atoms with E-state index in [1.165, 1.54) is 0 Å². The molecule has 0 bridgehead atoms. The normalized spacial score (nSPS) is 24.0. The number of nitrogens with zero attached hydrogens (tertiary/aromatic N) is 1. The second-order valence-corrected chi connectivity index (χ2v) is 4.01. The zero-order chi connectivity index (χ0) is 9.97. The molecule has 14 heavy (non-hydrogen) atoms. The lowest BCUT2D eigenvalue weighted by molar-refractivity contribution is 0.185. The van der Waals surface area contributed by atoms with Gasteiger partial charge in [0, 0.05) is 31.9 Å². The van der Waals surface area contributed by atoms with Crippen LogP contribution in [0.3, 0.4) is 0 Å². The quantitative estimate of drug-likeness (QED) is 0.756. The maximum absolute atomic E-state index is 5.74. The Morgan fingerprint density at radius 1 is 1.79 bits per heavy atom. The van der Waals surface area contributed by atoms with Crippen LogP contribution in [0.1, 0.15) is 30.9 Å². The first-order chi connectivity index (χ1) is 6.75. The number of ether oxygens (including phenoxy) is 1. The predicted molar refractivity (Wildman–Crippen MR) is 53.8 cm³/mol. The molecule has 3 N–H and O–H groups in total. The number of aromatic amines is 1. The van der Waals surface area contributed by atoms with Crippen molar-refractivity contribution in [2.24, 2.45) is 11.7 Å². The van der Waals surface area contributed by atoms with Crippen molar-refractivity contribution in [2.75, 3.05) is 13.2 Å². The van der Waals surface area contributed by atoms with Gasteiger partial charge in [0.15, 0.2) is 0 Å². The van der Waals surface area contributed by atoms with E-state index in [0.717, 1.165) is 37.6 Å². The molecule has 78 valence electrons. The Bertz CT molecular complexity index is 289. The highest BCUT2D eigenvalue weighted by Gasteiger charge is 2.17. The van der Waals surface area contributed by atoms with E-state index in [2.05, 4.69) is 9.97 Å². The number of aromatic nitrogens is 2. The van der Waals surface area contributed by atoms with E-state index in [1.807, 2.05) is 13.1 Å². The van der Waals surface area contributed by atoms with Gasteiger partial charge in [-0.15, -0.1) is 0 Å². The fraction of sp³-hybridized carbons (Fsp3) is 0.700. The van der Waals surface area contributed by atoms with Crippen molar-refractivity contribution in [3.05, 3.63) is 17.7 Å². The van der Waals surface area contributed by atoms with Crippen molar-refractivity contribution in [2.45, 2.75) is 25.8 Å². The lowest BCUT2D eigenvalue weighted by Crippen LogP contribution is -2.07. The fourth-order valence-corrected chi connectivity index (χ4v) is 1.73.